The van der Waals surface area contributed by atoms with Crippen LogP contribution in [0.4, 0.5) is 11.4 Å². The fraction of sp³-hybridized carbons (Fsp3) is 0.105. The van der Waals surface area contributed by atoms with E-state index in [1.807, 2.05) is 85.2 Å². The van der Waals surface area contributed by atoms with E-state index in [0.717, 1.165) is 24.2 Å². The lowest BCUT2D eigenvalue weighted by atomic mass is 10.3. The normalized spacial score (nSPS) is 11.1. The summed E-state index contributed by atoms with van der Waals surface area (Å²) < 4.78 is 0. The highest BCUT2D eigenvalue weighted by atomic mass is 35.5. The van der Waals surface area contributed by atoms with Crippen LogP contribution < -0.4 is 5.32 Å². The number of hydrogen-bond donors (Lipinski definition) is 1. The molecule has 2 aromatic carbocycles. The second-order valence-corrected chi connectivity index (χ2v) is 4.52. The van der Waals surface area contributed by atoms with Gasteiger partial charge in [0.25, 0.3) is 0 Å². The van der Waals surface area contributed by atoms with Crippen molar-refractivity contribution < 1.29 is 0 Å². The summed E-state index contributed by atoms with van der Waals surface area (Å²) >= 11 is 0. The maximum atomic E-state index is 4.39. The number of anilines is 1. The van der Waals surface area contributed by atoms with Crippen molar-refractivity contribution in [3.8, 4) is 0 Å². The van der Waals surface area contributed by atoms with Gasteiger partial charge in [-0.15, -0.1) is 12.4 Å². The van der Waals surface area contributed by atoms with Crippen molar-refractivity contribution in [1.82, 2.24) is 0 Å². The van der Waals surface area contributed by atoms with E-state index in [9.17, 15) is 0 Å². The van der Waals surface area contributed by atoms with Crippen LogP contribution in [0.2, 0.25) is 0 Å². The summed E-state index contributed by atoms with van der Waals surface area (Å²) in [6.45, 7) is 0. The van der Waals surface area contributed by atoms with Crippen molar-refractivity contribution in [2.75, 3.05) is 5.32 Å². The third-order valence-corrected chi connectivity index (χ3v) is 2.83. The summed E-state index contributed by atoms with van der Waals surface area (Å²) in [6.07, 6.45) is 12.0. The van der Waals surface area contributed by atoms with Gasteiger partial charge in [-0.1, -0.05) is 48.6 Å². The number of rotatable bonds is 7. The zero-order chi connectivity index (χ0) is 14.6. The summed E-state index contributed by atoms with van der Waals surface area (Å²) in [7, 11) is 0. The summed E-state index contributed by atoms with van der Waals surface area (Å²) in [5.41, 5.74) is 2.10. The number of halogens is 1. The molecule has 0 spiro atoms. The Labute approximate surface area is 138 Å². The van der Waals surface area contributed by atoms with Gasteiger partial charge >= 0.3 is 0 Å². The molecule has 3 heteroatoms. The summed E-state index contributed by atoms with van der Waals surface area (Å²) in [5, 5.41) is 3.21. The molecule has 0 heterocycles. The minimum Gasteiger partial charge on any atom is -0.362 e. The Morgan fingerprint density at radius 2 is 1.50 bits per heavy atom. The van der Waals surface area contributed by atoms with Gasteiger partial charge < -0.3 is 5.32 Å². The zero-order valence-corrected chi connectivity index (χ0v) is 13.2. The van der Waals surface area contributed by atoms with Crippen LogP contribution in [-0.4, -0.2) is 6.21 Å². The first kappa shape index (κ1) is 17.7. The van der Waals surface area contributed by atoms with Gasteiger partial charge in [0, 0.05) is 18.1 Å². The average Bonchev–Trinajstić information content (AvgIpc) is 2.55. The second kappa shape index (κ2) is 11.4. The van der Waals surface area contributed by atoms with Crippen LogP contribution in [0, 0.1) is 0 Å². The third kappa shape index (κ3) is 7.46. The van der Waals surface area contributed by atoms with Gasteiger partial charge in [0.1, 0.15) is 0 Å². The molecule has 0 aromatic heterocycles. The molecular formula is C19H21ClN2. The number of nitrogens with one attached hydrogen (secondary N) is 1. The molecule has 0 radical (unpaired) electrons. The monoisotopic (exact) mass is 312 g/mol. The molecule has 0 unspecified atom stereocenters. The Balaban J connectivity index is 0.00000242. The van der Waals surface area contributed by atoms with Crippen LogP contribution in [0.5, 0.6) is 0 Å². The number of unbranched alkanes of at least 4 members (excludes halogenated alkanes) is 1. The van der Waals surface area contributed by atoms with Crippen molar-refractivity contribution in [3.63, 3.8) is 0 Å². The van der Waals surface area contributed by atoms with Gasteiger partial charge in [-0.25, -0.2) is 0 Å². The Morgan fingerprint density at radius 1 is 0.818 bits per heavy atom. The molecule has 22 heavy (non-hydrogen) atoms. The molecule has 0 saturated heterocycles. The summed E-state index contributed by atoms with van der Waals surface area (Å²) in [6, 6.07) is 20.1. The first-order chi connectivity index (χ1) is 10.4. The fourth-order valence-corrected chi connectivity index (χ4v) is 1.76. The molecule has 0 bridgehead atoms. The number of aliphatic imine (C=N–C) groups is 1. The lowest BCUT2D eigenvalue weighted by Crippen LogP contribution is -1.84. The van der Waals surface area contributed by atoms with Crippen molar-refractivity contribution in [2.24, 2.45) is 4.99 Å². The van der Waals surface area contributed by atoms with Crippen molar-refractivity contribution in [1.29, 1.82) is 0 Å². The summed E-state index contributed by atoms with van der Waals surface area (Å²) in [4.78, 5) is 4.39. The standard InChI is InChI=1S/C19H20N2.ClH/c1(2-10-16-20-18-12-6-4-7-13-18)3-11-17-21-19-14-8-5-9-15-19;/h1-2,4-10,12-17,20H,3,11H2;1H. The molecule has 2 nitrogen and oxygen atoms in total. The highest BCUT2D eigenvalue weighted by Crippen LogP contribution is 2.08. The van der Waals surface area contributed by atoms with Gasteiger partial charge in [-0.05, 0) is 43.2 Å². The summed E-state index contributed by atoms with van der Waals surface area (Å²) in [5.74, 6) is 0. The van der Waals surface area contributed by atoms with E-state index < -0.39 is 0 Å². The van der Waals surface area contributed by atoms with E-state index in [4.69, 9.17) is 0 Å². The van der Waals surface area contributed by atoms with Gasteiger partial charge in [0.05, 0.1) is 5.69 Å². The van der Waals surface area contributed by atoms with Crippen LogP contribution in [-0.2, 0) is 0 Å². The molecule has 0 aliphatic rings. The molecule has 1 N–H and O–H groups in total. The number of para-hydroxylation sites is 2. The van der Waals surface area contributed by atoms with Gasteiger partial charge in [-0.2, -0.15) is 0 Å². The van der Waals surface area contributed by atoms with Gasteiger partial charge in [-0.3, -0.25) is 4.99 Å². The molecule has 0 atom stereocenters. The Hall–Kier alpha value is -2.32. The average molecular weight is 313 g/mol. The van der Waals surface area contributed by atoms with Crippen molar-refractivity contribution in [3.05, 3.63) is 85.1 Å². The lowest BCUT2D eigenvalue weighted by molar-refractivity contribution is 1.12. The van der Waals surface area contributed by atoms with E-state index in [1.54, 1.807) is 0 Å². The SMILES string of the molecule is C(C=CNc1ccccc1)=CCCC=Nc1ccccc1.Cl. The van der Waals surface area contributed by atoms with Crippen molar-refractivity contribution in [2.45, 2.75) is 12.8 Å². The maximum Gasteiger partial charge on any atom is 0.0625 e. The largest absolute Gasteiger partial charge is 0.362 e. The number of hydrogen-bond acceptors (Lipinski definition) is 2. The highest BCUT2D eigenvalue weighted by molar-refractivity contribution is 5.85. The molecule has 0 aliphatic heterocycles. The van der Waals surface area contributed by atoms with E-state index in [1.165, 1.54) is 0 Å². The van der Waals surface area contributed by atoms with Crippen LogP contribution in [0.3, 0.4) is 0 Å². The van der Waals surface area contributed by atoms with E-state index in [2.05, 4.69) is 16.4 Å². The predicted octanol–water partition coefficient (Wildman–Crippen LogP) is 5.77. The van der Waals surface area contributed by atoms with Crippen molar-refractivity contribution >= 4 is 30.0 Å². The van der Waals surface area contributed by atoms with Crippen LogP contribution in [0.15, 0.2) is 90.1 Å². The Kier molecular flexibility index (Phi) is 9.15. The quantitative estimate of drug-likeness (QED) is 0.391. The van der Waals surface area contributed by atoms with E-state index >= 15 is 0 Å². The van der Waals surface area contributed by atoms with E-state index in [-0.39, 0.29) is 12.4 Å². The smallest absolute Gasteiger partial charge is 0.0625 e. The highest BCUT2D eigenvalue weighted by Gasteiger charge is 1.83. The molecule has 0 amide bonds. The van der Waals surface area contributed by atoms with Crippen LogP contribution in [0.1, 0.15) is 12.8 Å². The Bertz CT molecular complexity index is 589. The first-order valence-corrected chi connectivity index (χ1v) is 7.16. The van der Waals surface area contributed by atoms with Gasteiger partial charge in [0.15, 0.2) is 0 Å². The number of allylic oxidation sites excluding steroid dienone is 3. The van der Waals surface area contributed by atoms with Crippen LogP contribution in [0.25, 0.3) is 0 Å². The van der Waals surface area contributed by atoms with Crippen LogP contribution >= 0.6 is 12.4 Å². The minimum absolute atomic E-state index is 0. The molecule has 0 fully saturated rings. The molecular weight excluding hydrogens is 292 g/mol. The minimum atomic E-state index is 0. The Morgan fingerprint density at radius 3 is 2.23 bits per heavy atom. The lowest BCUT2D eigenvalue weighted by Gasteiger charge is -1.97. The molecule has 0 aliphatic carbocycles. The number of nitrogens with zero attached hydrogens (tertiary/aromatic N) is 1. The second-order valence-electron chi connectivity index (χ2n) is 4.52. The molecule has 2 aromatic rings. The number of benzene rings is 2. The molecule has 0 saturated carbocycles. The van der Waals surface area contributed by atoms with Gasteiger partial charge in [0.2, 0.25) is 0 Å². The first-order valence-electron chi connectivity index (χ1n) is 7.16. The molecule has 2 rings (SSSR count). The topological polar surface area (TPSA) is 24.4 Å². The maximum absolute atomic E-state index is 4.39. The third-order valence-electron chi connectivity index (χ3n) is 2.83. The van der Waals surface area contributed by atoms with E-state index in [0.29, 0.717) is 0 Å². The fourth-order valence-electron chi connectivity index (χ4n) is 1.76. The zero-order valence-electron chi connectivity index (χ0n) is 12.4. The molecule has 114 valence electrons. The predicted molar refractivity (Wildman–Crippen MR) is 99.4 cm³/mol.